The number of benzene rings is 1. The highest BCUT2D eigenvalue weighted by Crippen LogP contribution is 2.18. The van der Waals surface area contributed by atoms with Crippen LogP contribution in [0, 0.1) is 0 Å². The Morgan fingerprint density at radius 2 is 2.12 bits per heavy atom. The molecule has 4 rings (SSSR count). The maximum Gasteiger partial charge on any atom is 0.258 e. The molecule has 1 N–H and O–H groups in total. The normalized spacial score (nSPS) is 15.8. The summed E-state index contributed by atoms with van der Waals surface area (Å²) in [4.78, 5) is 35.7. The average molecular weight is 373 g/mol. The Morgan fingerprint density at radius 1 is 1.27 bits per heavy atom. The summed E-state index contributed by atoms with van der Waals surface area (Å²) in [5.41, 5.74) is 1.16. The third kappa shape index (κ3) is 3.21. The Labute approximate surface area is 154 Å². The lowest BCUT2D eigenvalue weighted by Crippen LogP contribution is -2.50. The summed E-state index contributed by atoms with van der Waals surface area (Å²) < 4.78 is 1.67. The lowest BCUT2D eigenvalue weighted by molar-refractivity contribution is -0.121. The van der Waals surface area contributed by atoms with E-state index in [0.717, 1.165) is 5.69 Å². The monoisotopic (exact) mass is 372 g/mol. The van der Waals surface area contributed by atoms with Gasteiger partial charge in [0, 0.05) is 31.4 Å². The van der Waals surface area contributed by atoms with Crippen molar-refractivity contribution in [2.75, 3.05) is 24.5 Å². The summed E-state index contributed by atoms with van der Waals surface area (Å²) in [6, 6.07) is 5.03. The fraction of sp³-hybridized carbons (Fsp3) is 0.294. The molecule has 0 bridgehead atoms. The molecule has 26 heavy (non-hydrogen) atoms. The zero-order valence-electron chi connectivity index (χ0n) is 14.1. The number of fused-ring (bicyclic) bond motifs is 1. The maximum atomic E-state index is 12.5. The number of nitrogens with one attached hydrogen (secondary N) is 1. The number of hydrogen-bond donors (Lipinski definition) is 1. The molecule has 2 aromatic heterocycles. The van der Waals surface area contributed by atoms with Gasteiger partial charge in [-0.05, 0) is 18.2 Å². The maximum absolute atomic E-state index is 12.5. The van der Waals surface area contributed by atoms with Crippen molar-refractivity contribution in [2.45, 2.75) is 6.54 Å². The van der Waals surface area contributed by atoms with E-state index in [0.29, 0.717) is 41.4 Å². The third-order valence-corrected chi connectivity index (χ3v) is 4.63. The molecular formula is C17H17ClN6O2. The Kier molecular flexibility index (Phi) is 4.21. The van der Waals surface area contributed by atoms with E-state index in [1.165, 1.54) is 0 Å². The molecule has 3 aromatic rings. The first kappa shape index (κ1) is 16.7. The molecule has 134 valence electrons. The van der Waals surface area contributed by atoms with Crippen molar-refractivity contribution in [3.8, 4) is 0 Å². The summed E-state index contributed by atoms with van der Waals surface area (Å²) >= 11 is 5.93. The van der Waals surface area contributed by atoms with Gasteiger partial charge in [0.1, 0.15) is 5.82 Å². The van der Waals surface area contributed by atoms with Gasteiger partial charge in [-0.2, -0.15) is 5.10 Å². The molecule has 1 aliphatic rings. The molecule has 1 fully saturated rings. The largest absolute Gasteiger partial charge is 0.309 e. The van der Waals surface area contributed by atoms with Gasteiger partial charge in [0.25, 0.3) is 5.56 Å². The van der Waals surface area contributed by atoms with Crippen molar-refractivity contribution in [1.29, 1.82) is 0 Å². The van der Waals surface area contributed by atoms with Crippen molar-refractivity contribution >= 4 is 34.1 Å². The first-order valence-electron chi connectivity index (χ1n) is 8.19. The van der Waals surface area contributed by atoms with E-state index in [2.05, 4.69) is 15.1 Å². The smallest absolute Gasteiger partial charge is 0.258 e. The number of aryl methyl sites for hydroxylation is 1. The second-order valence-corrected chi connectivity index (χ2v) is 6.74. The summed E-state index contributed by atoms with van der Waals surface area (Å²) in [6.45, 7) is 1.92. The average Bonchev–Trinajstić information content (AvgIpc) is 3.02. The van der Waals surface area contributed by atoms with Gasteiger partial charge in [-0.1, -0.05) is 11.6 Å². The standard InChI is InChI=1S/C17H17ClN6O2/c1-22-8-12(7-19-22)24-5-4-23(10-16(24)25)9-15-20-14-3-2-11(18)6-13(14)17(26)21-15/h2-3,6-8H,4-5,9-10H2,1H3,(H,20,21,26). The van der Waals surface area contributed by atoms with Crippen molar-refractivity contribution in [1.82, 2.24) is 24.6 Å². The highest BCUT2D eigenvalue weighted by atomic mass is 35.5. The van der Waals surface area contributed by atoms with E-state index in [9.17, 15) is 9.59 Å². The van der Waals surface area contributed by atoms with Gasteiger partial charge in [0.05, 0.1) is 35.9 Å². The van der Waals surface area contributed by atoms with Crippen molar-refractivity contribution < 1.29 is 4.79 Å². The fourth-order valence-corrected chi connectivity index (χ4v) is 3.30. The van der Waals surface area contributed by atoms with Gasteiger partial charge < -0.3 is 9.88 Å². The number of H-pyrrole nitrogens is 1. The van der Waals surface area contributed by atoms with Crippen molar-refractivity contribution in [3.05, 3.63) is 51.8 Å². The topological polar surface area (TPSA) is 87.1 Å². The number of piperazine rings is 1. The highest BCUT2D eigenvalue weighted by Gasteiger charge is 2.26. The molecule has 1 saturated heterocycles. The summed E-state index contributed by atoms with van der Waals surface area (Å²) in [7, 11) is 1.82. The number of carbonyl (C=O) groups excluding carboxylic acids is 1. The van der Waals surface area contributed by atoms with Crippen LogP contribution in [0.3, 0.4) is 0 Å². The number of halogens is 1. The van der Waals surface area contributed by atoms with Crippen LogP contribution in [0.1, 0.15) is 5.82 Å². The molecule has 9 heteroatoms. The molecule has 0 unspecified atom stereocenters. The Bertz CT molecular complexity index is 1040. The van der Waals surface area contributed by atoms with E-state index >= 15 is 0 Å². The van der Waals surface area contributed by atoms with E-state index in [-0.39, 0.29) is 18.0 Å². The third-order valence-electron chi connectivity index (χ3n) is 4.39. The van der Waals surface area contributed by atoms with E-state index in [1.807, 2.05) is 18.1 Å². The Hall–Kier alpha value is -2.71. The lowest BCUT2D eigenvalue weighted by atomic mass is 10.2. The molecule has 1 aromatic carbocycles. The molecule has 0 aliphatic carbocycles. The van der Waals surface area contributed by atoms with Crippen LogP contribution in [0.5, 0.6) is 0 Å². The van der Waals surface area contributed by atoms with Crippen molar-refractivity contribution in [2.24, 2.45) is 7.05 Å². The van der Waals surface area contributed by atoms with E-state index in [1.54, 1.807) is 34.0 Å². The number of aromatic amines is 1. The van der Waals surface area contributed by atoms with Gasteiger partial charge in [-0.15, -0.1) is 0 Å². The molecule has 3 heterocycles. The quantitative estimate of drug-likeness (QED) is 0.745. The van der Waals surface area contributed by atoms with Crippen LogP contribution in [-0.4, -0.2) is 50.2 Å². The van der Waals surface area contributed by atoms with Gasteiger partial charge in [-0.3, -0.25) is 19.2 Å². The van der Waals surface area contributed by atoms with E-state index in [4.69, 9.17) is 11.6 Å². The summed E-state index contributed by atoms with van der Waals surface area (Å²) in [5.74, 6) is 0.534. The van der Waals surface area contributed by atoms with Crippen LogP contribution in [0.15, 0.2) is 35.4 Å². The first-order valence-corrected chi connectivity index (χ1v) is 8.57. The molecular weight excluding hydrogens is 356 g/mol. The number of rotatable bonds is 3. The summed E-state index contributed by atoms with van der Waals surface area (Å²) in [5, 5.41) is 5.06. The fourth-order valence-electron chi connectivity index (χ4n) is 3.12. The molecule has 0 saturated carbocycles. The van der Waals surface area contributed by atoms with Crippen LogP contribution in [0.25, 0.3) is 10.9 Å². The van der Waals surface area contributed by atoms with Crippen LogP contribution in [0.4, 0.5) is 5.69 Å². The minimum Gasteiger partial charge on any atom is -0.309 e. The summed E-state index contributed by atoms with van der Waals surface area (Å²) in [6.07, 6.45) is 3.50. The number of aromatic nitrogens is 4. The lowest BCUT2D eigenvalue weighted by Gasteiger charge is -2.33. The van der Waals surface area contributed by atoms with Crippen LogP contribution in [0.2, 0.25) is 5.02 Å². The van der Waals surface area contributed by atoms with Gasteiger partial charge in [0.15, 0.2) is 0 Å². The first-order chi connectivity index (χ1) is 12.5. The molecule has 0 atom stereocenters. The molecule has 1 aliphatic heterocycles. The Morgan fingerprint density at radius 3 is 2.85 bits per heavy atom. The zero-order chi connectivity index (χ0) is 18.3. The second kappa shape index (κ2) is 6.54. The molecule has 8 nitrogen and oxygen atoms in total. The van der Waals surface area contributed by atoms with Gasteiger partial charge in [-0.25, -0.2) is 4.98 Å². The van der Waals surface area contributed by atoms with Crippen LogP contribution >= 0.6 is 11.6 Å². The highest BCUT2D eigenvalue weighted by molar-refractivity contribution is 6.31. The molecule has 1 amide bonds. The predicted octanol–water partition coefficient (Wildman–Crippen LogP) is 1.16. The molecule has 0 radical (unpaired) electrons. The van der Waals surface area contributed by atoms with Crippen molar-refractivity contribution in [3.63, 3.8) is 0 Å². The minimum atomic E-state index is -0.229. The SMILES string of the molecule is Cn1cc(N2CCN(Cc3nc4ccc(Cl)cc4c(=O)[nH]3)CC2=O)cn1. The van der Waals surface area contributed by atoms with E-state index < -0.39 is 0 Å². The van der Waals surface area contributed by atoms with Crippen LogP contribution in [-0.2, 0) is 18.4 Å². The number of nitrogens with zero attached hydrogens (tertiary/aromatic N) is 5. The number of carbonyl (C=O) groups is 1. The number of amides is 1. The number of anilines is 1. The van der Waals surface area contributed by atoms with Crippen LogP contribution < -0.4 is 10.5 Å². The Balaban J connectivity index is 1.50. The molecule has 0 spiro atoms. The number of hydrogen-bond acceptors (Lipinski definition) is 5. The predicted molar refractivity (Wildman–Crippen MR) is 98.2 cm³/mol. The van der Waals surface area contributed by atoms with Gasteiger partial charge in [0.2, 0.25) is 5.91 Å². The zero-order valence-corrected chi connectivity index (χ0v) is 14.9. The minimum absolute atomic E-state index is 0.000770. The van der Waals surface area contributed by atoms with Gasteiger partial charge >= 0.3 is 0 Å². The second-order valence-electron chi connectivity index (χ2n) is 6.30.